The van der Waals surface area contributed by atoms with Gasteiger partial charge in [-0.1, -0.05) is 19.3 Å². The molecule has 0 aromatic carbocycles. The van der Waals surface area contributed by atoms with Gasteiger partial charge in [-0.15, -0.1) is 0 Å². The Morgan fingerprint density at radius 2 is 2.00 bits per heavy atom. The van der Waals surface area contributed by atoms with Gasteiger partial charge in [-0.2, -0.15) is 0 Å². The van der Waals surface area contributed by atoms with Gasteiger partial charge in [0.2, 0.25) is 5.91 Å². The predicted octanol–water partition coefficient (Wildman–Crippen LogP) is 0.873. The fourth-order valence-electron chi connectivity index (χ4n) is 2.32. The van der Waals surface area contributed by atoms with Crippen LogP contribution in [0.5, 0.6) is 0 Å². The summed E-state index contributed by atoms with van der Waals surface area (Å²) in [5.41, 5.74) is 5.98. The molecule has 1 aliphatic carbocycles. The second-order valence-electron chi connectivity index (χ2n) is 4.92. The number of amides is 1. The van der Waals surface area contributed by atoms with Crippen molar-refractivity contribution in [1.82, 2.24) is 5.32 Å². The molecule has 0 aromatic heterocycles. The van der Waals surface area contributed by atoms with E-state index >= 15 is 0 Å². The van der Waals surface area contributed by atoms with Gasteiger partial charge in [0.15, 0.2) is 0 Å². The molecule has 98 valence electrons. The Morgan fingerprint density at radius 3 is 2.65 bits per heavy atom. The Labute approximate surface area is 102 Å². The number of aliphatic carboxylic acids is 1. The summed E-state index contributed by atoms with van der Waals surface area (Å²) in [5, 5.41) is 11.4. The summed E-state index contributed by atoms with van der Waals surface area (Å²) in [5.74, 6) is -1.15. The Morgan fingerprint density at radius 1 is 1.35 bits per heavy atom. The van der Waals surface area contributed by atoms with Crippen LogP contribution in [0.4, 0.5) is 0 Å². The first-order valence-corrected chi connectivity index (χ1v) is 6.28. The van der Waals surface area contributed by atoms with Gasteiger partial charge in [-0.3, -0.25) is 9.59 Å². The second-order valence-corrected chi connectivity index (χ2v) is 4.92. The third-order valence-corrected chi connectivity index (χ3v) is 3.28. The largest absolute Gasteiger partial charge is 0.481 e. The van der Waals surface area contributed by atoms with E-state index in [1.165, 1.54) is 0 Å². The van der Waals surface area contributed by atoms with Crippen LogP contribution in [0.25, 0.3) is 0 Å². The molecule has 1 rings (SSSR count). The summed E-state index contributed by atoms with van der Waals surface area (Å²) in [4.78, 5) is 22.5. The molecule has 3 atom stereocenters. The molecule has 1 fully saturated rings. The monoisotopic (exact) mass is 242 g/mol. The standard InChI is InChI=1S/C12H22N2O3/c1-8(7-11(15)16)14-12(17)9-5-3-2-4-6-10(9)13/h8-10H,2-7,13H2,1H3,(H,14,17)(H,15,16). The first-order chi connectivity index (χ1) is 8.00. The van der Waals surface area contributed by atoms with Gasteiger partial charge in [0.05, 0.1) is 12.3 Å². The van der Waals surface area contributed by atoms with Gasteiger partial charge in [0, 0.05) is 12.1 Å². The van der Waals surface area contributed by atoms with Crippen molar-refractivity contribution in [3.05, 3.63) is 0 Å². The summed E-state index contributed by atoms with van der Waals surface area (Å²) in [6.07, 6.45) is 4.88. The molecular weight excluding hydrogens is 220 g/mol. The highest BCUT2D eigenvalue weighted by molar-refractivity contribution is 5.80. The minimum absolute atomic E-state index is 0.0479. The fraction of sp³-hybridized carbons (Fsp3) is 0.833. The SMILES string of the molecule is CC(CC(=O)O)NC(=O)C1CCCCCC1N. The van der Waals surface area contributed by atoms with Crippen LogP contribution >= 0.6 is 0 Å². The maximum absolute atomic E-state index is 12.0. The first-order valence-electron chi connectivity index (χ1n) is 6.28. The summed E-state index contributed by atoms with van der Waals surface area (Å²) in [6.45, 7) is 1.70. The van der Waals surface area contributed by atoms with Gasteiger partial charge in [-0.05, 0) is 19.8 Å². The topological polar surface area (TPSA) is 92.4 Å². The summed E-state index contributed by atoms with van der Waals surface area (Å²) in [6, 6.07) is -0.426. The Bertz CT molecular complexity index is 281. The minimum Gasteiger partial charge on any atom is -0.481 e. The minimum atomic E-state index is -0.900. The van der Waals surface area contributed by atoms with E-state index in [9.17, 15) is 9.59 Å². The van der Waals surface area contributed by atoms with E-state index in [-0.39, 0.29) is 30.3 Å². The molecule has 5 heteroatoms. The van der Waals surface area contributed by atoms with Crippen molar-refractivity contribution < 1.29 is 14.7 Å². The predicted molar refractivity (Wildman–Crippen MR) is 64.4 cm³/mol. The average molecular weight is 242 g/mol. The van der Waals surface area contributed by atoms with Gasteiger partial charge >= 0.3 is 5.97 Å². The highest BCUT2D eigenvalue weighted by atomic mass is 16.4. The van der Waals surface area contributed by atoms with E-state index in [1.807, 2.05) is 0 Å². The van der Waals surface area contributed by atoms with E-state index in [0.717, 1.165) is 32.1 Å². The van der Waals surface area contributed by atoms with Crippen molar-refractivity contribution in [3.8, 4) is 0 Å². The Balaban J connectivity index is 2.47. The quantitative estimate of drug-likeness (QED) is 0.638. The van der Waals surface area contributed by atoms with Crippen LogP contribution in [0.3, 0.4) is 0 Å². The van der Waals surface area contributed by atoms with E-state index in [2.05, 4.69) is 5.32 Å². The number of carboxylic acid groups (broad SMARTS) is 1. The smallest absolute Gasteiger partial charge is 0.305 e. The van der Waals surface area contributed by atoms with Crippen LogP contribution in [-0.4, -0.2) is 29.1 Å². The third kappa shape index (κ3) is 4.73. The molecule has 3 unspecified atom stereocenters. The van der Waals surface area contributed by atoms with Gasteiger partial charge in [-0.25, -0.2) is 0 Å². The van der Waals surface area contributed by atoms with Crippen molar-refractivity contribution >= 4 is 11.9 Å². The lowest BCUT2D eigenvalue weighted by Crippen LogP contribution is -2.44. The van der Waals surface area contributed by atoms with E-state index in [1.54, 1.807) is 6.92 Å². The van der Waals surface area contributed by atoms with Crippen LogP contribution in [-0.2, 0) is 9.59 Å². The first kappa shape index (κ1) is 14.0. The normalized spacial score (nSPS) is 26.9. The Hall–Kier alpha value is -1.10. The Kier molecular flexibility index (Phi) is 5.41. The van der Waals surface area contributed by atoms with E-state index in [4.69, 9.17) is 10.8 Å². The van der Waals surface area contributed by atoms with Crippen molar-refractivity contribution in [2.45, 2.75) is 57.5 Å². The van der Waals surface area contributed by atoms with Crippen molar-refractivity contribution in [1.29, 1.82) is 0 Å². The number of nitrogens with one attached hydrogen (secondary N) is 1. The zero-order chi connectivity index (χ0) is 12.8. The van der Waals surface area contributed by atoms with Gasteiger partial charge in [0.25, 0.3) is 0 Å². The second kappa shape index (κ2) is 6.59. The lowest BCUT2D eigenvalue weighted by molar-refractivity contribution is -0.137. The highest BCUT2D eigenvalue weighted by Gasteiger charge is 2.27. The molecule has 5 nitrogen and oxygen atoms in total. The molecule has 0 bridgehead atoms. The molecule has 1 saturated carbocycles. The molecule has 0 radical (unpaired) electrons. The summed E-state index contributed by atoms with van der Waals surface area (Å²) in [7, 11) is 0. The number of rotatable bonds is 4. The molecule has 0 heterocycles. The number of hydrogen-bond acceptors (Lipinski definition) is 3. The molecular formula is C12H22N2O3. The lowest BCUT2D eigenvalue weighted by atomic mass is 9.94. The van der Waals surface area contributed by atoms with Crippen LogP contribution in [0.15, 0.2) is 0 Å². The molecule has 0 aromatic rings. The molecule has 4 N–H and O–H groups in total. The third-order valence-electron chi connectivity index (χ3n) is 3.28. The maximum atomic E-state index is 12.0. The van der Waals surface area contributed by atoms with Crippen molar-refractivity contribution in [2.24, 2.45) is 11.7 Å². The molecule has 17 heavy (non-hydrogen) atoms. The molecule has 1 aliphatic rings. The molecule has 0 aliphatic heterocycles. The molecule has 0 saturated heterocycles. The zero-order valence-electron chi connectivity index (χ0n) is 10.3. The van der Waals surface area contributed by atoms with Crippen molar-refractivity contribution in [2.75, 3.05) is 0 Å². The van der Waals surface area contributed by atoms with Crippen LogP contribution in [0.2, 0.25) is 0 Å². The number of hydrogen-bond donors (Lipinski definition) is 3. The fourth-order valence-corrected chi connectivity index (χ4v) is 2.32. The number of carbonyl (C=O) groups excluding carboxylic acids is 1. The van der Waals surface area contributed by atoms with Crippen LogP contribution in [0, 0.1) is 5.92 Å². The highest BCUT2D eigenvalue weighted by Crippen LogP contribution is 2.22. The zero-order valence-corrected chi connectivity index (χ0v) is 10.3. The average Bonchev–Trinajstić information content (AvgIpc) is 2.41. The molecule has 0 spiro atoms. The lowest BCUT2D eigenvalue weighted by Gasteiger charge is -2.22. The van der Waals surface area contributed by atoms with Gasteiger partial charge < -0.3 is 16.2 Å². The summed E-state index contributed by atoms with van der Waals surface area (Å²) >= 11 is 0. The summed E-state index contributed by atoms with van der Waals surface area (Å²) < 4.78 is 0. The van der Waals surface area contributed by atoms with E-state index in [0.29, 0.717) is 0 Å². The number of carboxylic acids is 1. The molecule has 1 amide bonds. The van der Waals surface area contributed by atoms with Gasteiger partial charge in [0.1, 0.15) is 0 Å². The van der Waals surface area contributed by atoms with Crippen LogP contribution < -0.4 is 11.1 Å². The number of nitrogens with two attached hydrogens (primary N) is 1. The van der Waals surface area contributed by atoms with E-state index < -0.39 is 5.97 Å². The van der Waals surface area contributed by atoms with Crippen molar-refractivity contribution in [3.63, 3.8) is 0 Å². The number of carbonyl (C=O) groups is 2. The van der Waals surface area contributed by atoms with Crippen LogP contribution in [0.1, 0.15) is 45.4 Å². The maximum Gasteiger partial charge on any atom is 0.305 e.